The lowest BCUT2D eigenvalue weighted by atomic mass is 10.1. The molecule has 31 heavy (non-hydrogen) atoms. The first-order valence-corrected chi connectivity index (χ1v) is 10.4. The third-order valence-corrected chi connectivity index (χ3v) is 5.74. The second-order valence-electron chi connectivity index (χ2n) is 7.88. The molecule has 1 amide bonds. The number of hydrogen-bond donors (Lipinski definition) is 0. The summed E-state index contributed by atoms with van der Waals surface area (Å²) in [6.45, 7) is 0.531. The van der Waals surface area contributed by atoms with Gasteiger partial charge in [0.25, 0.3) is 0 Å². The van der Waals surface area contributed by atoms with Gasteiger partial charge in [-0.05, 0) is 36.6 Å². The number of aromatic nitrogens is 2. The molecule has 5 nitrogen and oxygen atoms in total. The first-order chi connectivity index (χ1) is 14.9. The van der Waals surface area contributed by atoms with E-state index in [-0.39, 0.29) is 30.5 Å². The number of imidazole rings is 1. The Morgan fingerprint density at radius 1 is 1.13 bits per heavy atom. The topological polar surface area (TPSA) is 51.3 Å². The highest BCUT2D eigenvalue weighted by molar-refractivity contribution is 5.79. The van der Waals surface area contributed by atoms with Crippen LogP contribution in [0.2, 0.25) is 0 Å². The highest BCUT2D eigenvalue weighted by Crippen LogP contribution is 2.32. The molecule has 1 aromatic carbocycles. The van der Waals surface area contributed by atoms with Crippen molar-refractivity contribution in [3.05, 3.63) is 77.8 Å². The molecule has 1 aliphatic carbocycles. The second kappa shape index (κ2) is 8.99. The number of rotatable bonds is 7. The number of furan rings is 1. The Labute approximate surface area is 178 Å². The van der Waals surface area contributed by atoms with Crippen LogP contribution in [-0.4, -0.2) is 20.4 Å². The van der Waals surface area contributed by atoms with Gasteiger partial charge < -0.3 is 13.9 Å². The largest absolute Gasteiger partial charge is 0.467 e. The third-order valence-electron chi connectivity index (χ3n) is 5.74. The van der Waals surface area contributed by atoms with E-state index in [0.29, 0.717) is 18.1 Å². The van der Waals surface area contributed by atoms with Gasteiger partial charge >= 0.3 is 6.18 Å². The smallest absolute Gasteiger partial charge is 0.416 e. The molecule has 0 aliphatic heterocycles. The minimum Gasteiger partial charge on any atom is -0.467 e. The molecule has 1 fully saturated rings. The maximum Gasteiger partial charge on any atom is 0.416 e. The van der Waals surface area contributed by atoms with Crippen LogP contribution in [-0.2, 0) is 30.6 Å². The van der Waals surface area contributed by atoms with E-state index in [1.807, 2.05) is 0 Å². The van der Waals surface area contributed by atoms with Crippen molar-refractivity contribution >= 4 is 5.91 Å². The number of nitrogens with zero attached hydrogens (tertiary/aromatic N) is 3. The highest BCUT2D eigenvalue weighted by Gasteiger charge is 2.33. The fourth-order valence-electron chi connectivity index (χ4n) is 4.16. The maximum atomic E-state index is 13.4. The summed E-state index contributed by atoms with van der Waals surface area (Å²) in [6.07, 6.45) is 4.12. The van der Waals surface area contributed by atoms with Gasteiger partial charge in [0.15, 0.2) is 0 Å². The van der Waals surface area contributed by atoms with E-state index in [4.69, 9.17) is 4.42 Å². The lowest BCUT2D eigenvalue weighted by Crippen LogP contribution is -2.35. The fourth-order valence-corrected chi connectivity index (χ4v) is 4.16. The minimum absolute atomic E-state index is 0.0238. The molecule has 0 unspecified atom stereocenters. The van der Waals surface area contributed by atoms with Crippen molar-refractivity contribution < 1.29 is 22.4 Å². The zero-order valence-electron chi connectivity index (χ0n) is 17.0. The predicted molar refractivity (Wildman–Crippen MR) is 108 cm³/mol. The molecular formula is C23H24F3N3O2. The van der Waals surface area contributed by atoms with Crippen LogP contribution < -0.4 is 0 Å². The molecule has 0 bridgehead atoms. The summed E-state index contributed by atoms with van der Waals surface area (Å²) in [7, 11) is 0. The third kappa shape index (κ3) is 5.00. The van der Waals surface area contributed by atoms with E-state index in [1.54, 1.807) is 46.3 Å². The number of amides is 1. The van der Waals surface area contributed by atoms with E-state index in [1.165, 1.54) is 12.1 Å². The molecule has 0 saturated heterocycles. The normalized spacial score (nSPS) is 14.8. The van der Waals surface area contributed by atoms with Crippen LogP contribution in [0, 0.1) is 5.92 Å². The lowest BCUT2D eigenvalue weighted by molar-refractivity contribution is -0.138. The Kier molecular flexibility index (Phi) is 6.15. The van der Waals surface area contributed by atoms with Gasteiger partial charge in [-0.2, -0.15) is 13.2 Å². The highest BCUT2D eigenvalue weighted by atomic mass is 19.4. The average molecular weight is 431 g/mol. The summed E-state index contributed by atoms with van der Waals surface area (Å²) in [5.41, 5.74) is -0.502. The van der Waals surface area contributed by atoms with Crippen molar-refractivity contribution in [2.75, 3.05) is 0 Å². The summed E-state index contributed by atoms with van der Waals surface area (Å²) in [5, 5.41) is 0. The van der Waals surface area contributed by atoms with Gasteiger partial charge in [-0.25, -0.2) is 4.98 Å². The molecule has 4 rings (SSSR count). The van der Waals surface area contributed by atoms with E-state index in [0.717, 1.165) is 31.7 Å². The number of alkyl halides is 3. The fraction of sp³-hybridized carbons (Fsp3) is 0.391. The molecule has 0 N–H and O–H groups in total. The summed E-state index contributed by atoms with van der Waals surface area (Å²) in [6, 6.07) is 9.10. The molecule has 164 valence electrons. The van der Waals surface area contributed by atoms with Crippen LogP contribution in [0.3, 0.4) is 0 Å². The molecular weight excluding hydrogens is 407 g/mol. The molecule has 1 saturated carbocycles. The van der Waals surface area contributed by atoms with Crippen molar-refractivity contribution in [3.8, 4) is 0 Å². The van der Waals surface area contributed by atoms with Gasteiger partial charge in [-0.3, -0.25) is 4.79 Å². The van der Waals surface area contributed by atoms with Gasteiger partial charge in [0.2, 0.25) is 5.91 Å². The standard InChI is InChI=1S/C23H24F3N3O2/c24-23(25,26)20-10-4-3-8-18(20)14-28-12-11-27-21(28)16-29(15-19-9-5-13-31-19)22(30)17-6-1-2-7-17/h3-5,8-13,17H,1-2,6-7,14-16H2. The van der Waals surface area contributed by atoms with Crippen molar-refractivity contribution in [2.45, 2.75) is 51.5 Å². The molecule has 1 aliphatic rings. The molecule has 0 radical (unpaired) electrons. The van der Waals surface area contributed by atoms with Gasteiger partial charge in [0, 0.05) is 24.9 Å². The van der Waals surface area contributed by atoms with Gasteiger partial charge in [0.05, 0.1) is 24.9 Å². The first kappa shape index (κ1) is 21.2. The molecule has 2 aromatic heterocycles. The predicted octanol–water partition coefficient (Wildman–Crippen LogP) is 5.26. The Morgan fingerprint density at radius 3 is 2.61 bits per heavy atom. The van der Waals surface area contributed by atoms with Crippen molar-refractivity contribution in [1.82, 2.24) is 14.5 Å². The van der Waals surface area contributed by atoms with Crippen LogP contribution in [0.4, 0.5) is 13.2 Å². The van der Waals surface area contributed by atoms with Gasteiger partial charge in [-0.15, -0.1) is 0 Å². The first-order valence-electron chi connectivity index (χ1n) is 10.4. The van der Waals surface area contributed by atoms with Crippen LogP contribution in [0.5, 0.6) is 0 Å². The SMILES string of the molecule is O=C(C1CCCC1)N(Cc1ccco1)Cc1nccn1Cc1ccccc1C(F)(F)F. The van der Waals surface area contributed by atoms with E-state index >= 15 is 0 Å². The average Bonchev–Trinajstić information content (AvgIpc) is 3.51. The zero-order chi connectivity index (χ0) is 21.8. The summed E-state index contributed by atoms with van der Waals surface area (Å²) < 4.78 is 47.3. The minimum atomic E-state index is -4.43. The summed E-state index contributed by atoms with van der Waals surface area (Å²) in [4.78, 5) is 19.2. The van der Waals surface area contributed by atoms with Crippen LogP contribution in [0.15, 0.2) is 59.5 Å². The van der Waals surface area contributed by atoms with Crippen LogP contribution >= 0.6 is 0 Å². The maximum absolute atomic E-state index is 13.4. The molecule has 8 heteroatoms. The molecule has 0 spiro atoms. The quantitative estimate of drug-likeness (QED) is 0.513. The monoisotopic (exact) mass is 431 g/mol. The van der Waals surface area contributed by atoms with Crippen molar-refractivity contribution in [1.29, 1.82) is 0 Å². The Bertz CT molecular complexity index is 1010. The van der Waals surface area contributed by atoms with Crippen molar-refractivity contribution in [2.24, 2.45) is 5.92 Å². The summed E-state index contributed by atoms with van der Waals surface area (Å²) in [5.74, 6) is 1.21. The van der Waals surface area contributed by atoms with Gasteiger partial charge in [0.1, 0.15) is 11.6 Å². The Hall–Kier alpha value is -3.03. The molecule has 2 heterocycles. The Balaban J connectivity index is 1.57. The van der Waals surface area contributed by atoms with E-state index < -0.39 is 11.7 Å². The number of halogens is 3. The van der Waals surface area contributed by atoms with Gasteiger partial charge in [-0.1, -0.05) is 31.0 Å². The van der Waals surface area contributed by atoms with Crippen molar-refractivity contribution in [3.63, 3.8) is 0 Å². The number of carbonyl (C=O) groups excluding carboxylic acids is 1. The second-order valence-corrected chi connectivity index (χ2v) is 7.88. The van der Waals surface area contributed by atoms with E-state index in [2.05, 4.69) is 4.98 Å². The van der Waals surface area contributed by atoms with Crippen LogP contribution in [0.1, 0.15) is 48.4 Å². The Morgan fingerprint density at radius 2 is 1.90 bits per heavy atom. The lowest BCUT2D eigenvalue weighted by Gasteiger charge is -2.25. The molecule has 0 atom stereocenters. The van der Waals surface area contributed by atoms with Crippen LogP contribution in [0.25, 0.3) is 0 Å². The number of carbonyl (C=O) groups is 1. The molecule has 3 aromatic rings. The summed E-state index contributed by atoms with van der Waals surface area (Å²) >= 11 is 0. The van der Waals surface area contributed by atoms with E-state index in [9.17, 15) is 18.0 Å². The number of hydrogen-bond acceptors (Lipinski definition) is 3. The number of benzene rings is 1. The zero-order valence-corrected chi connectivity index (χ0v) is 17.0.